The molecule has 6 aromatic rings. The maximum absolute atomic E-state index is 9.64. The van der Waals surface area contributed by atoms with Crippen molar-refractivity contribution in [2.45, 2.75) is 18.9 Å². The molecule has 0 amide bonds. The molecule has 0 N–H and O–H groups in total. The first-order valence-electron chi connectivity index (χ1n) is 15.6. The largest absolute Gasteiger partial charge is 0.483 e. The van der Waals surface area contributed by atoms with Gasteiger partial charge in [-0.25, -0.2) is 10.1 Å². The van der Waals surface area contributed by atoms with Crippen LogP contribution in [0.5, 0.6) is 0 Å². The van der Waals surface area contributed by atoms with Crippen LogP contribution in [0.2, 0.25) is 0 Å². The van der Waals surface area contributed by atoms with Crippen LogP contribution in [0.25, 0.3) is 32.5 Å². The number of anilines is 3. The van der Waals surface area contributed by atoms with E-state index in [2.05, 4.69) is 125 Å². The number of rotatable bonds is 6. The number of nitrogens with zero attached hydrogens (tertiary/aromatic N) is 3. The van der Waals surface area contributed by atoms with E-state index in [9.17, 15) is 5.26 Å². The Morgan fingerprint density at radius 2 is 1.28 bits per heavy atom. The Balaban J connectivity index is 1.24. The number of hydrogen-bond donors (Lipinski definition) is 0. The van der Waals surface area contributed by atoms with Gasteiger partial charge in [-0.15, -0.1) is 0 Å². The standard InChI is InChI=1S/C43H31N3O/c1-43(37-14-4-3-5-15-37)29-36(42(30-44)45-2)28-41(47-43)25-18-31-16-21-38(22-17-31)46(39-23-19-32-10-6-8-12-34(32)26-39)40-24-20-33-11-7-9-13-35(33)27-40/h3-28H,29H2,1H3/b25-18+,42-36-. The second-order valence-electron chi connectivity index (χ2n) is 11.8. The molecule has 0 saturated carbocycles. The maximum Gasteiger partial charge on any atom is 0.265 e. The average molecular weight is 606 g/mol. The van der Waals surface area contributed by atoms with Crippen LogP contribution in [0.15, 0.2) is 169 Å². The number of hydrogen-bond acceptors (Lipinski definition) is 3. The molecule has 1 unspecified atom stereocenters. The minimum Gasteiger partial charge on any atom is -0.483 e. The molecule has 1 atom stereocenters. The van der Waals surface area contributed by atoms with E-state index in [1.807, 2.05) is 55.5 Å². The van der Waals surface area contributed by atoms with E-state index < -0.39 is 5.60 Å². The molecule has 0 saturated heterocycles. The summed E-state index contributed by atoms with van der Waals surface area (Å²) in [7, 11) is 0. The van der Waals surface area contributed by atoms with Gasteiger partial charge < -0.3 is 9.64 Å². The molecule has 0 fully saturated rings. The number of ether oxygens (including phenoxy) is 1. The van der Waals surface area contributed by atoms with Crippen LogP contribution in [0, 0.1) is 17.9 Å². The Labute approximate surface area is 275 Å². The van der Waals surface area contributed by atoms with Gasteiger partial charge in [0.05, 0.1) is 12.6 Å². The summed E-state index contributed by atoms with van der Waals surface area (Å²) in [4.78, 5) is 5.78. The van der Waals surface area contributed by atoms with Crippen molar-refractivity contribution in [2.24, 2.45) is 0 Å². The molecule has 47 heavy (non-hydrogen) atoms. The summed E-state index contributed by atoms with van der Waals surface area (Å²) in [5, 5.41) is 14.4. The Morgan fingerprint density at radius 1 is 0.723 bits per heavy atom. The first kappa shape index (κ1) is 29.4. The van der Waals surface area contributed by atoms with E-state index >= 15 is 0 Å². The van der Waals surface area contributed by atoms with Gasteiger partial charge in [0.2, 0.25) is 0 Å². The van der Waals surface area contributed by atoms with Crippen LogP contribution < -0.4 is 4.90 Å². The van der Waals surface area contributed by atoms with Gasteiger partial charge in [-0.05, 0) is 93.7 Å². The Bertz CT molecular complexity index is 2190. The zero-order chi connectivity index (χ0) is 32.2. The number of nitriles is 1. The summed E-state index contributed by atoms with van der Waals surface area (Å²) in [6.45, 7) is 9.55. The van der Waals surface area contributed by atoms with E-state index in [0.29, 0.717) is 17.8 Å². The quantitative estimate of drug-likeness (QED) is 0.140. The first-order chi connectivity index (χ1) is 23.0. The van der Waals surface area contributed by atoms with Crippen LogP contribution >= 0.6 is 0 Å². The fourth-order valence-corrected chi connectivity index (χ4v) is 6.26. The van der Waals surface area contributed by atoms with E-state index in [4.69, 9.17) is 11.3 Å². The number of fused-ring (bicyclic) bond motifs is 2. The lowest BCUT2D eigenvalue weighted by Gasteiger charge is -2.36. The van der Waals surface area contributed by atoms with Crippen molar-refractivity contribution in [2.75, 3.05) is 4.90 Å². The predicted octanol–water partition coefficient (Wildman–Crippen LogP) is 11.4. The Kier molecular flexibility index (Phi) is 7.85. The highest BCUT2D eigenvalue weighted by Gasteiger charge is 2.34. The minimum atomic E-state index is -0.706. The highest BCUT2D eigenvalue weighted by atomic mass is 16.5. The molecular weight excluding hydrogens is 574 g/mol. The lowest BCUT2D eigenvalue weighted by Crippen LogP contribution is -2.29. The zero-order valence-corrected chi connectivity index (χ0v) is 26.0. The van der Waals surface area contributed by atoms with E-state index in [1.54, 1.807) is 0 Å². The van der Waals surface area contributed by atoms with Crippen molar-refractivity contribution < 1.29 is 4.74 Å². The van der Waals surface area contributed by atoms with Gasteiger partial charge in [-0.1, -0.05) is 109 Å². The summed E-state index contributed by atoms with van der Waals surface area (Å²) in [5.41, 5.74) is 5.25. The molecular formula is C43H31N3O. The van der Waals surface area contributed by atoms with Gasteiger partial charge in [0.1, 0.15) is 11.4 Å². The van der Waals surface area contributed by atoms with Crippen molar-refractivity contribution in [1.82, 2.24) is 0 Å². The van der Waals surface area contributed by atoms with Crippen LogP contribution in [-0.4, -0.2) is 0 Å². The molecule has 0 bridgehead atoms. The van der Waals surface area contributed by atoms with Crippen molar-refractivity contribution in [3.8, 4) is 6.07 Å². The highest BCUT2D eigenvalue weighted by Crippen LogP contribution is 2.41. The summed E-state index contributed by atoms with van der Waals surface area (Å²) >= 11 is 0. The van der Waals surface area contributed by atoms with Gasteiger partial charge in [-0.3, -0.25) is 0 Å². The van der Waals surface area contributed by atoms with Crippen LogP contribution in [-0.2, 0) is 10.3 Å². The fraction of sp³-hybridized carbons (Fsp3) is 0.0698. The molecule has 1 heterocycles. The van der Waals surface area contributed by atoms with Crippen molar-refractivity contribution >= 4 is 44.7 Å². The predicted molar refractivity (Wildman–Crippen MR) is 192 cm³/mol. The van der Waals surface area contributed by atoms with E-state index in [-0.39, 0.29) is 5.70 Å². The number of benzene rings is 6. The first-order valence-corrected chi connectivity index (χ1v) is 15.6. The third kappa shape index (κ3) is 6.01. The average Bonchev–Trinajstić information content (AvgIpc) is 3.12. The molecule has 1 aliphatic rings. The molecule has 0 aromatic heterocycles. The van der Waals surface area contributed by atoms with Crippen molar-refractivity contribution in [3.05, 3.63) is 191 Å². The van der Waals surface area contributed by atoms with E-state index in [1.165, 1.54) is 21.5 Å². The summed E-state index contributed by atoms with van der Waals surface area (Å²) in [6.07, 6.45) is 6.17. The Morgan fingerprint density at radius 3 is 1.85 bits per heavy atom. The van der Waals surface area contributed by atoms with Crippen LogP contribution in [0.3, 0.4) is 0 Å². The second kappa shape index (κ2) is 12.6. The van der Waals surface area contributed by atoms with E-state index in [0.717, 1.165) is 28.2 Å². The third-order valence-corrected chi connectivity index (χ3v) is 8.67. The molecule has 4 heteroatoms. The van der Waals surface area contributed by atoms with Crippen LogP contribution in [0.4, 0.5) is 17.1 Å². The normalized spacial score (nSPS) is 17.0. The molecule has 1 aliphatic heterocycles. The molecule has 4 nitrogen and oxygen atoms in total. The maximum atomic E-state index is 9.64. The SMILES string of the molecule is [C-]#[N+]/C(C#N)=C1C=C(/C=C/c2ccc(N(c3ccc4ccccc4c3)c3ccc4ccccc4c3)cc2)OC(C)(c2ccccc2)C/1. The lowest BCUT2D eigenvalue weighted by atomic mass is 9.85. The topological polar surface area (TPSA) is 40.6 Å². The van der Waals surface area contributed by atoms with Gasteiger partial charge >= 0.3 is 0 Å². The van der Waals surface area contributed by atoms with Gasteiger partial charge in [-0.2, -0.15) is 0 Å². The smallest absolute Gasteiger partial charge is 0.265 e. The van der Waals surface area contributed by atoms with Gasteiger partial charge in [0.25, 0.3) is 5.70 Å². The zero-order valence-electron chi connectivity index (χ0n) is 26.0. The summed E-state index contributed by atoms with van der Waals surface area (Å²) < 4.78 is 6.52. The summed E-state index contributed by atoms with van der Waals surface area (Å²) in [6, 6.07) is 50.5. The highest BCUT2D eigenvalue weighted by molar-refractivity contribution is 5.92. The fourth-order valence-electron chi connectivity index (χ4n) is 6.26. The monoisotopic (exact) mass is 605 g/mol. The molecule has 0 aliphatic carbocycles. The number of allylic oxidation sites excluding steroid dienone is 3. The molecule has 7 rings (SSSR count). The van der Waals surface area contributed by atoms with Gasteiger partial charge in [0.15, 0.2) is 0 Å². The van der Waals surface area contributed by atoms with Crippen molar-refractivity contribution in [3.63, 3.8) is 0 Å². The Hall–Kier alpha value is -6.36. The molecule has 6 aromatic carbocycles. The summed E-state index contributed by atoms with van der Waals surface area (Å²) in [5.74, 6) is 0.604. The van der Waals surface area contributed by atoms with Crippen LogP contribution in [0.1, 0.15) is 24.5 Å². The van der Waals surface area contributed by atoms with Crippen molar-refractivity contribution in [1.29, 1.82) is 5.26 Å². The minimum absolute atomic E-state index is 0.0909. The third-order valence-electron chi connectivity index (χ3n) is 8.67. The molecule has 224 valence electrons. The molecule has 0 radical (unpaired) electrons. The second-order valence-corrected chi connectivity index (χ2v) is 11.8. The molecule has 0 spiro atoms. The lowest BCUT2D eigenvalue weighted by molar-refractivity contribution is 0.0143. The van der Waals surface area contributed by atoms with Gasteiger partial charge in [0, 0.05) is 23.5 Å².